The number of hydrogen-bond acceptors (Lipinski definition) is 6. The van der Waals surface area contributed by atoms with Gasteiger partial charge in [-0.3, -0.25) is 19.4 Å². The van der Waals surface area contributed by atoms with E-state index in [2.05, 4.69) is 15.6 Å². The van der Waals surface area contributed by atoms with Crippen molar-refractivity contribution in [2.24, 2.45) is 0 Å². The Morgan fingerprint density at radius 2 is 2.00 bits per heavy atom. The number of hydrogen-bond donors (Lipinski definition) is 2. The smallest absolute Gasteiger partial charge is 0.325 e. The first-order chi connectivity index (χ1) is 12.5. The predicted octanol–water partition coefficient (Wildman–Crippen LogP) is 1.52. The Balaban J connectivity index is 1.77. The molecule has 0 atom stereocenters. The molecule has 0 saturated carbocycles. The molecule has 1 aromatic carbocycles. The number of anilines is 1. The summed E-state index contributed by atoms with van der Waals surface area (Å²) in [6.45, 7) is -0.987. The standard InChI is InChI=1S/C17H13ClN4O4/c18-12-5-6-20-14(7-12)17(25)21-9-16(24)26-10-15(23)22-13-4-2-1-3-11(13)8-19/h1-7H,9-10H2,(H,21,25)(H,22,23). The number of para-hydroxylation sites is 1. The molecule has 0 radical (unpaired) electrons. The average Bonchev–Trinajstić information content (AvgIpc) is 2.64. The van der Waals surface area contributed by atoms with E-state index in [9.17, 15) is 14.4 Å². The molecule has 1 aromatic heterocycles. The van der Waals surface area contributed by atoms with Gasteiger partial charge in [0.25, 0.3) is 11.8 Å². The summed E-state index contributed by atoms with van der Waals surface area (Å²) in [5.41, 5.74) is 0.654. The number of pyridine rings is 1. The van der Waals surface area contributed by atoms with Gasteiger partial charge in [0.05, 0.1) is 11.3 Å². The number of esters is 1. The SMILES string of the molecule is N#Cc1ccccc1NC(=O)COC(=O)CNC(=O)c1cc(Cl)ccn1. The number of nitrogens with zero attached hydrogens (tertiary/aromatic N) is 2. The van der Waals surface area contributed by atoms with Gasteiger partial charge in [0.1, 0.15) is 18.3 Å². The molecular weight excluding hydrogens is 360 g/mol. The summed E-state index contributed by atoms with van der Waals surface area (Å²) in [5.74, 6) is -2.01. The van der Waals surface area contributed by atoms with Gasteiger partial charge in [-0.1, -0.05) is 23.7 Å². The molecule has 2 rings (SSSR count). The minimum Gasteiger partial charge on any atom is -0.454 e. The molecule has 0 saturated heterocycles. The van der Waals surface area contributed by atoms with Crippen molar-refractivity contribution in [2.75, 3.05) is 18.5 Å². The predicted molar refractivity (Wildman–Crippen MR) is 92.3 cm³/mol. The molecule has 0 aliphatic rings. The fraction of sp³-hybridized carbons (Fsp3) is 0.118. The summed E-state index contributed by atoms with van der Waals surface area (Å²) < 4.78 is 4.76. The van der Waals surface area contributed by atoms with Gasteiger partial charge >= 0.3 is 5.97 Å². The molecule has 2 amide bonds. The lowest BCUT2D eigenvalue weighted by Gasteiger charge is -2.08. The number of aromatic nitrogens is 1. The van der Waals surface area contributed by atoms with Crippen LogP contribution in [0.4, 0.5) is 5.69 Å². The fourth-order valence-corrected chi connectivity index (χ4v) is 2.00. The second-order valence-corrected chi connectivity index (χ2v) is 5.34. The third kappa shape index (κ3) is 5.58. The number of amides is 2. The van der Waals surface area contributed by atoms with Crippen LogP contribution in [0.2, 0.25) is 5.02 Å². The fourth-order valence-electron chi connectivity index (χ4n) is 1.84. The Labute approximate surface area is 153 Å². The van der Waals surface area contributed by atoms with E-state index >= 15 is 0 Å². The summed E-state index contributed by atoms with van der Waals surface area (Å²) in [7, 11) is 0. The molecule has 2 aromatic rings. The zero-order chi connectivity index (χ0) is 18.9. The van der Waals surface area contributed by atoms with Gasteiger partial charge in [0.2, 0.25) is 0 Å². The highest BCUT2D eigenvalue weighted by Gasteiger charge is 2.12. The molecule has 2 N–H and O–H groups in total. The van der Waals surface area contributed by atoms with E-state index < -0.39 is 30.9 Å². The number of carbonyl (C=O) groups is 3. The summed E-state index contributed by atoms with van der Waals surface area (Å²) in [6.07, 6.45) is 1.36. The second kappa shape index (κ2) is 9.15. The van der Waals surface area contributed by atoms with E-state index in [0.717, 1.165) is 0 Å². The van der Waals surface area contributed by atoms with Crippen molar-refractivity contribution in [3.8, 4) is 6.07 Å². The second-order valence-electron chi connectivity index (χ2n) is 4.91. The number of ether oxygens (including phenoxy) is 1. The molecule has 0 aliphatic heterocycles. The van der Waals surface area contributed by atoms with Crippen molar-refractivity contribution in [1.29, 1.82) is 5.26 Å². The summed E-state index contributed by atoms with van der Waals surface area (Å²) in [4.78, 5) is 39.0. The van der Waals surface area contributed by atoms with Gasteiger partial charge in [0, 0.05) is 11.2 Å². The van der Waals surface area contributed by atoms with E-state index in [1.165, 1.54) is 18.3 Å². The third-order valence-corrected chi connectivity index (χ3v) is 3.27. The van der Waals surface area contributed by atoms with Gasteiger partial charge in [-0.2, -0.15) is 5.26 Å². The minimum absolute atomic E-state index is 0.0520. The van der Waals surface area contributed by atoms with Gasteiger partial charge in [-0.25, -0.2) is 0 Å². The van der Waals surface area contributed by atoms with Crippen molar-refractivity contribution < 1.29 is 19.1 Å². The van der Waals surface area contributed by atoms with E-state index in [1.54, 1.807) is 24.3 Å². The van der Waals surface area contributed by atoms with Gasteiger partial charge in [-0.05, 0) is 24.3 Å². The van der Waals surface area contributed by atoms with Crippen LogP contribution in [0.1, 0.15) is 16.1 Å². The first kappa shape index (κ1) is 18.9. The quantitative estimate of drug-likeness (QED) is 0.741. The maximum Gasteiger partial charge on any atom is 0.325 e. The Hall–Kier alpha value is -3.44. The molecule has 26 heavy (non-hydrogen) atoms. The van der Waals surface area contributed by atoms with Crippen LogP contribution in [-0.2, 0) is 14.3 Å². The molecule has 1 heterocycles. The molecule has 0 aliphatic carbocycles. The average molecular weight is 373 g/mol. The van der Waals surface area contributed by atoms with E-state index in [4.69, 9.17) is 21.6 Å². The molecule has 0 spiro atoms. The van der Waals surface area contributed by atoms with Crippen LogP contribution >= 0.6 is 11.6 Å². The number of nitriles is 1. The largest absolute Gasteiger partial charge is 0.454 e. The first-order valence-corrected chi connectivity index (χ1v) is 7.71. The Bertz CT molecular complexity index is 879. The number of nitrogens with one attached hydrogen (secondary N) is 2. The molecule has 0 unspecified atom stereocenters. The van der Waals surface area contributed by atoms with Crippen LogP contribution < -0.4 is 10.6 Å². The maximum absolute atomic E-state index is 11.8. The molecule has 8 nitrogen and oxygen atoms in total. The molecular formula is C17H13ClN4O4. The summed E-state index contributed by atoms with van der Waals surface area (Å²) in [5, 5.41) is 14.0. The lowest BCUT2D eigenvalue weighted by Crippen LogP contribution is -2.32. The van der Waals surface area contributed by atoms with Crippen molar-refractivity contribution in [3.63, 3.8) is 0 Å². The number of halogens is 1. The van der Waals surface area contributed by atoms with Crippen LogP contribution in [0.25, 0.3) is 0 Å². The van der Waals surface area contributed by atoms with E-state index in [1.807, 2.05) is 6.07 Å². The van der Waals surface area contributed by atoms with E-state index in [-0.39, 0.29) is 11.3 Å². The molecule has 132 valence electrons. The van der Waals surface area contributed by atoms with Gasteiger partial charge < -0.3 is 15.4 Å². The lowest BCUT2D eigenvalue weighted by atomic mass is 10.2. The normalized spacial score (nSPS) is 9.69. The van der Waals surface area contributed by atoms with Crippen LogP contribution in [0.15, 0.2) is 42.6 Å². The zero-order valence-electron chi connectivity index (χ0n) is 13.4. The minimum atomic E-state index is -0.802. The zero-order valence-corrected chi connectivity index (χ0v) is 14.1. The van der Waals surface area contributed by atoms with Crippen molar-refractivity contribution in [3.05, 3.63) is 58.9 Å². The van der Waals surface area contributed by atoms with Gasteiger partial charge in [-0.15, -0.1) is 0 Å². The van der Waals surface area contributed by atoms with E-state index in [0.29, 0.717) is 10.7 Å². The number of benzene rings is 1. The van der Waals surface area contributed by atoms with Crippen molar-refractivity contribution in [2.45, 2.75) is 0 Å². The first-order valence-electron chi connectivity index (χ1n) is 7.34. The highest BCUT2D eigenvalue weighted by atomic mass is 35.5. The monoisotopic (exact) mass is 372 g/mol. The lowest BCUT2D eigenvalue weighted by molar-refractivity contribution is -0.146. The van der Waals surface area contributed by atoms with Crippen molar-refractivity contribution >= 4 is 35.1 Å². The van der Waals surface area contributed by atoms with Crippen LogP contribution in [0, 0.1) is 11.3 Å². The third-order valence-electron chi connectivity index (χ3n) is 3.03. The van der Waals surface area contributed by atoms with Gasteiger partial charge in [0.15, 0.2) is 6.61 Å². The molecule has 0 fully saturated rings. The highest BCUT2D eigenvalue weighted by molar-refractivity contribution is 6.30. The maximum atomic E-state index is 11.8. The topological polar surface area (TPSA) is 121 Å². The van der Waals surface area contributed by atoms with Crippen LogP contribution in [0.5, 0.6) is 0 Å². The molecule has 9 heteroatoms. The van der Waals surface area contributed by atoms with Crippen LogP contribution in [0.3, 0.4) is 0 Å². The van der Waals surface area contributed by atoms with Crippen molar-refractivity contribution in [1.82, 2.24) is 10.3 Å². The Kier molecular flexibility index (Phi) is 6.65. The molecule has 0 bridgehead atoms. The highest BCUT2D eigenvalue weighted by Crippen LogP contribution is 2.13. The summed E-state index contributed by atoms with van der Waals surface area (Å²) in [6, 6.07) is 11.2. The Morgan fingerprint density at radius 3 is 2.73 bits per heavy atom. The van der Waals surface area contributed by atoms with Crippen LogP contribution in [-0.4, -0.2) is 35.9 Å². The summed E-state index contributed by atoms with van der Waals surface area (Å²) >= 11 is 5.75. The Morgan fingerprint density at radius 1 is 1.23 bits per heavy atom. The number of carbonyl (C=O) groups excluding carboxylic acids is 3. The number of rotatable bonds is 6.